The Labute approximate surface area is 37.7 Å². The second-order valence-electron chi connectivity index (χ2n) is 0.904. The largest absolute Gasteiger partial charge is 0.256 e. The first-order chi connectivity index (χ1) is 2.77. The predicted octanol–water partition coefficient (Wildman–Crippen LogP) is 0.788. The summed E-state index contributed by atoms with van der Waals surface area (Å²) in [7, 11) is -0.722. The van der Waals surface area contributed by atoms with Gasteiger partial charge in [-0.25, -0.2) is 4.39 Å². The quantitative estimate of drug-likeness (QED) is 0.519. The lowest BCUT2D eigenvalue weighted by Gasteiger charge is -1.75. The van der Waals surface area contributed by atoms with Gasteiger partial charge in [0.25, 0.3) is 0 Å². The lowest BCUT2D eigenvalue weighted by molar-refractivity contribution is 0.618. The van der Waals surface area contributed by atoms with Crippen molar-refractivity contribution in [1.82, 2.24) is 0 Å². The minimum atomic E-state index is -0.722. The Morgan fingerprint density at radius 2 is 2.50 bits per heavy atom. The van der Waals surface area contributed by atoms with Crippen LogP contribution in [0.1, 0.15) is 0 Å². The van der Waals surface area contributed by atoms with E-state index in [0.29, 0.717) is 0 Å². The standard InChI is InChI=1S/C3H6FOP/c1-3(4)2-6-5/h5-6H,1-2H2/p+1. The Hall–Kier alpha value is 0.0600. The van der Waals surface area contributed by atoms with Crippen LogP contribution in [0.5, 0.6) is 0 Å². The third-order valence-electron chi connectivity index (χ3n) is 0.313. The molecule has 1 N–H and O–H groups in total. The van der Waals surface area contributed by atoms with Crippen LogP contribution in [0.3, 0.4) is 0 Å². The van der Waals surface area contributed by atoms with E-state index in [9.17, 15) is 4.39 Å². The van der Waals surface area contributed by atoms with Crippen LogP contribution in [-0.4, -0.2) is 11.1 Å². The van der Waals surface area contributed by atoms with Crippen molar-refractivity contribution in [2.75, 3.05) is 6.16 Å². The van der Waals surface area contributed by atoms with E-state index in [0.717, 1.165) is 0 Å². The summed E-state index contributed by atoms with van der Waals surface area (Å²) in [6.45, 7) is 2.94. The van der Waals surface area contributed by atoms with Crippen LogP contribution in [0.15, 0.2) is 12.4 Å². The predicted molar refractivity (Wildman–Crippen MR) is 27.0 cm³/mol. The van der Waals surface area contributed by atoms with Crippen LogP contribution in [0.4, 0.5) is 4.39 Å². The molecule has 0 heterocycles. The van der Waals surface area contributed by atoms with Gasteiger partial charge < -0.3 is 0 Å². The highest BCUT2D eigenvalue weighted by Gasteiger charge is 1.89. The zero-order valence-corrected chi connectivity index (χ0v) is 4.47. The lowest BCUT2D eigenvalue weighted by Crippen LogP contribution is -1.68. The SMILES string of the molecule is C=C(F)C[PH2+]O. The molecule has 0 aromatic heterocycles. The number of halogens is 1. The summed E-state index contributed by atoms with van der Waals surface area (Å²) in [5, 5.41) is 0. The highest BCUT2D eigenvalue weighted by molar-refractivity contribution is 7.31. The minimum Gasteiger partial charge on any atom is -0.256 e. The van der Waals surface area contributed by atoms with Gasteiger partial charge in [0.05, 0.1) is 0 Å². The first kappa shape index (κ1) is 6.06. The highest BCUT2D eigenvalue weighted by Crippen LogP contribution is 2.06. The number of hydrogen-bond donors (Lipinski definition) is 1. The summed E-state index contributed by atoms with van der Waals surface area (Å²) < 4.78 is 11.4. The Morgan fingerprint density at radius 1 is 2.00 bits per heavy atom. The number of allylic oxidation sites excluding steroid dienone is 1. The minimum absolute atomic E-state index is 0.153. The topological polar surface area (TPSA) is 20.2 Å². The van der Waals surface area contributed by atoms with Crippen molar-refractivity contribution < 1.29 is 9.28 Å². The fourth-order valence-electron chi connectivity index (χ4n) is 0.0991. The van der Waals surface area contributed by atoms with Gasteiger partial charge in [-0.3, -0.25) is 4.89 Å². The molecule has 0 fully saturated rings. The lowest BCUT2D eigenvalue weighted by atomic mass is 10.7. The normalized spacial score (nSPS) is 10.3. The van der Waals surface area contributed by atoms with Gasteiger partial charge in [-0.2, -0.15) is 0 Å². The molecule has 0 radical (unpaired) electrons. The number of rotatable bonds is 2. The van der Waals surface area contributed by atoms with Gasteiger partial charge in [-0.15, -0.1) is 0 Å². The summed E-state index contributed by atoms with van der Waals surface area (Å²) in [4.78, 5) is 8.02. The van der Waals surface area contributed by atoms with E-state index >= 15 is 0 Å². The molecule has 1 atom stereocenters. The Kier molecular flexibility index (Phi) is 3.29. The van der Waals surface area contributed by atoms with E-state index < -0.39 is 14.6 Å². The summed E-state index contributed by atoms with van der Waals surface area (Å²) in [5.41, 5.74) is 0. The molecule has 0 saturated heterocycles. The summed E-state index contributed by atoms with van der Waals surface area (Å²) in [5.74, 6) is -0.424. The van der Waals surface area contributed by atoms with Crippen molar-refractivity contribution in [3.05, 3.63) is 12.4 Å². The zero-order chi connectivity index (χ0) is 4.99. The Bertz CT molecular complexity index is 54.8. The summed E-state index contributed by atoms with van der Waals surface area (Å²) in [6.07, 6.45) is 0.153. The van der Waals surface area contributed by atoms with Crippen LogP contribution >= 0.6 is 8.81 Å². The average Bonchev–Trinajstić information content (AvgIpc) is 1.35. The molecule has 36 valence electrons. The molecule has 0 bridgehead atoms. The maximum atomic E-state index is 11.4. The van der Waals surface area contributed by atoms with Crippen molar-refractivity contribution in [1.29, 1.82) is 0 Å². The van der Waals surface area contributed by atoms with Crippen molar-refractivity contribution >= 4 is 8.81 Å². The van der Waals surface area contributed by atoms with Crippen LogP contribution < -0.4 is 0 Å². The Morgan fingerprint density at radius 3 is 2.50 bits per heavy atom. The van der Waals surface area contributed by atoms with Crippen LogP contribution in [-0.2, 0) is 0 Å². The van der Waals surface area contributed by atoms with E-state index in [-0.39, 0.29) is 6.16 Å². The van der Waals surface area contributed by atoms with E-state index in [1.54, 1.807) is 0 Å². The molecule has 0 amide bonds. The first-order valence-electron chi connectivity index (χ1n) is 1.56. The molecule has 1 nitrogen and oxygen atoms in total. The van der Waals surface area contributed by atoms with Gasteiger partial charge in [-0.1, -0.05) is 6.58 Å². The molecule has 0 rings (SSSR count). The van der Waals surface area contributed by atoms with E-state index in [1.807, 2.05) is 0 Å². The number of hydrogen-bond acceptors (Lipinski definition) is 1. The van der Waals surface area contributed by atoms with E-state index in [1.165, 1.54) is 0 Å². The van der Waals surface area contributed by atoms with Crippen molar-refractivity contribution in [2.45, 2.75) is 0 Å². The molecular formula is C3H7FOP+. The summed E-state index contributed by atoms with van der Waals surface area (Å²) >= 11 is 0. The summed E-state index contributed by atoms with van der Waals surface area (Å²) in [6, 6.07) is 0. The van der Waals surface area contributed by atoms with Crippen molar-refractivity contribution in [3.63, 3.8) is 0 Å². The molecule has 1 unspecified atom stereocenters. The zero-order valence-electron chi connectivity index (χ0n) is 3.32. The third-order valence-corrected chi connectivity index (χ3v) is 0.938. The molecule has 0 spiro atoms. The second kappa shape index (κ2) is 3.26. The van der Waals surface area contributed by atoms with Gasteiger partial charge in [0.15, 0.2) is 0 Å². The molecule has 0 saturated carbocycles. The Balaban J connectivity index is 2.83. The van der Waals surface area contributed by atoms with Crippen LogP contribution in [0.2, 0.25) is 0 Å². The van der Waals surface area contributed by atoms with Gasteiger partial charge >= 0.3 is 0 Å². The fraction of sp³-hybridized carbons (Fsp3) is 0.333. The van der Waals surface area contributed by atoms with Crippen LogP contribution in [0.25, 0.3) is 0 Å². The maximum Gasteiger partial charge on any atom is 0.132 e. The molecule has 3 heteroatoms. The fourth-order valence-corrected chi connectivity index (χ4v) is 0.297. The molecule has 0 aromatic rings. The highest BCUT2D eigenvalue weighted by atomic mass is 31.1. The molecule has 6 heavy (non-hydrogen) atoms. The first-order valence-corrected chi connectivity index (χ1v) is 2.90. The molecule has 0 aliphatic heterocycles. The third kappa shape index (κ3) is 4.06. The molecular weight excluding hydrogens is 102 g/mol. The van der Waals surface area contributed by atoms with E-state index in [4.69, 9.17) is 4.89 Å². The van der Waals surface area contributed by atoms with Gasteiger partial charge in [0, 0.05) is 0 Å². The van der Waals surface area contributed by atoms with Gasteiger partial charge in [0.2, 0.25) is 0 Å². The smallest absolute Gasteiger partial charge is 0.132 e. The molecule has 0 aliphatic rings. The van der Waals surface area contributed by atoms with E-state index in [2.05, 4.69) is 6.58 Å². The van der Waals surface area contributed by atoms with Crippen molar-refractivity contribution in [2.24, 2.45) is 0 Å². The maximum absolute atomic E-state index is 11.4. The molecule has 0 aromatic carbocycles. The second-order valence-corrected chi connectivity index (χ2v) is 1.68. The van der Waals surface area contributed by atoms with Crippen LogP contribution in [0, 0.1) is 0 Å². The van der Waals surface area contributed by atoms with Gasteiger partial charge in [0.1, 0.15) is 20.8 Å². The van der Waals surface area contributed by atoms with Gasteiger partial charge in [-0.05, 0) is 0 Å². The molecule has 0 aliphatic carbocycles. The average molecular weight is 109 g/mol. The van der Waals surface area contributed by atoms with Crippen molar-refractivity contribution in [3.8, 4) is 0 Å². The monoisotopic (exact) mass is 109 g/mol.